The average Bonchev–Trinajstić information content (AvgIpc) is 4.02. The lowest BCUT2D eigenvalue weighted by Crippen LogP contribution is -2.39. The molecule has 0 saturated carbocycles. The summed E-state index contributed by atoms with van der Waals surface area (Å²) in [7, 11) is 1.85. The molecule has 0 amide bonds. The number of aryl methyl sites for hydroxylation is 2. The molecule has 2 aromatic carbocycles. The maximum absolute atomic E-state index is 13.7. The highest BCUT2D eigenvalue weighted by Gasteiger charge is 2.55. The standard InChI is InChI=1S/C37H36F4N10O6/c1-3-24-46-33(57-49-24)27-26(55-35(52)29(38)39)28(56-36(53)30(40)41)34(54-27)51-19-45-25-31(47-37(48-32(25)51)42-15-14-22-17-50(2)18-44-22)43-16-23(20-10-6-4-7-11-20)21-12-8-5-9-13-21/h4-13,17-19,23,26-30,34H,3,14-16H2,1-2H3,(H2,42,43,47,48)/t26-,27+,28-,34-/m1/s1. The van der Waals surface area contributed by atoms with E-state index in [1.165, 1.54) is 10.9 Å². The van der Waals surface area contributed by atoms with Gasteiger partial charge in [-0.3, -0.25) is 4.57 Å². The molecule has 2 N–H and O–H groups in total. The van der Waals surface area contributed by atoms with E-state index in [-0.39, 0.29) is 47.0 Å². The molecule has 298 valence electrons. The highest BCUT2D eigenvalue weighted by atomic mass is 19.3. The number of fused-ring (bicyclic) bond motifs is 1. The first kappa shape index (κ1) is 38.8. The monoisotopic (exact) mass is 792 g/mol. The zero-order valence-corrected chi connectivity index (χ0v) is 30.4. The predicted molar refractivity (Wildman–Crippen MR) is 192 cm³/mol. The van der Waals surface area contributed by atoms with Gasteiger partial charge in [0.1, 0.15) is 0 Å². The third-order valence-electron chi connectivity index (χ3n) is 9.09. The fourth-order valence-corrected chi connectivity index (χ4v) is 6.42. The van der Waals surface area contributed by atoms with E-state index < -0.39 is 49.3 Å². The first-order valence-corrected chi connectivity index (χ1v) is 17.8. The molecule has 5 heterocycles. The Morgan fingerprint density at radius 1 is 0.860 bits per heavy atom. The molecule has 4 aromatic heterocycles. The van der Waals surface area contributed by atoms with Gasteiger partial charge in [-0.1, -0.05) is 72.7 Å². The fourth-order valence-electron chi connectivity index (χ4n) is 6.42. The first-order valence-electron chi connectivity index (χ1n) is 17.8. The van der Waals surface area contributed by atoms with Gasteiger partial charge in [-0.25, -0.2) is 19.6 Å². The number of hydrogen-bond donors (Lipinski definition) is 2. The van der Waals surface area contributed by atoms with Crippen LogP contribution in [0.15, 0.2) is 84.0 Å². The minimum atomic E-state index is -3.64. The largest absolute Gasteiger partial charge is 0.451 e. The Bertz CT molecular complexity index is 2250. The van der Waals surface area contributed by atoms with Crippen molar-refractivity contribution in [2.45, 2.75) is 63.1 Å². The van der Waals surface area contributed by atoms with Crippen LogP contribution in [0, 0.1) is 0 Å². The summed E-state index contributed by atoms with van der Waals surface area (Å²) in [6, 6.07) is 19.6. The quantitative estimate of drug-likeness (QED) is 0.0982. The zero-order valence-electron chi connectivity index (χ0n) is 30.4. The molecule has 1 fully saturated rings. The molecule has 1 saturated heterocycles. The second kappa shape index (κ2) is 17.1. The van der Waals surface area contributed by atoms with Crippen molar-refractivity contribution < 1.29 is 45.9 Å². The summed E-state index contributed by atoms with van der Waals surface area (Å²) in [4.78, 5) is 47.1. The number of nitrogens with one attached hydrogen (secondary N) is 2. The molecule has 1 aliphatic rings. The van der Waals surface area contributed by atoms with Crippen LogP contribution in [-0.4, -0.2) is 89.3 Å². The zero-order chi connectivity index (χ0) is 40.1. The number of esters is 2. The topological polar surface area (TPSA) is 186 Å². The van der Waals surface area contributed by atoms with Crippen LogP contribution in [0.25, 0.3) is 11.2 Å². The Morgan fingerprint density at radius 2 is 1.53 bits per heavy atom. The van der Waals surface area contributed by atoms with Crippen LogP contribution in [0.2, 0.25) is 0 Å². The molecule has 6 aromatic rings. The van der Waals surface area contributed by atoms with E-state index in [0.29, 0.717) is 19.5 Å². The van der Waals surface area contributed by atoms with Crippen molar-refractivity contribution >= 4 is 34.9 Å². The number of anilines is 2. The number of benzene rings is 2. The maximum Gasteiger partial charge on any atom is 0.374 e. The van der Waals surface area contributed by atoms with Gasteiger partial charge in [-0.15, -0.1) is 0 Å². The number of carbonyl (C=O) groups excluding carboxylic acids is 2. The van der Waals surface area contributed by atoms with Gasteiger partial charge in [0, 0.05) is 45.1 Å². The molecular formula is C37H36F4N10O6. The number of carbonyl (C=O) groups is 2. The van der Waals surface area contributed by atoms with E-state index in [2.05, 4.69) is 35.7 Å². The minimum Gasteiger partial charge on any atom is -0.451 e. The Labute approximate surface area is 321 Å². The summed E-state index contributed by atoms with van der Waals surface area (Å²) in [5.74, 6) is -4.00. The van der Waals surface area contributed by atoms with E-state index >= 15 is 0 Å². The summed E-state index contributed by atoms with van der Waals surface area (Å²) < 4.78 is 79.2. The molecule has 0 radical (unpaired) electrons. The third kappa shape index (κ3) is 8.69. The van der Waals surface area contributed by atoms with Gasteiger partial charge in [0.15, 0.2) is 47.3 Å². The van der Waals surface area contributed by atoms with Crippen molar-refractivity contribution in [3.63, 3.8) is 0 Å². The molecule has 57 heavy (non-hydrogen) atoms. The Morgan fingerprint density at radius 3 is 2.12 bits per heavy atom. The number of alkyl halides is 4. The normalized spacial score (nSPS) is 18.1. The number of rotatable bonds is 16. The third-order valence-corrected chi connectivity index (χ3v) is 9.09. The molecular weight excluding hydrogens is 756 g/mol. The summed E-state index contributed by atoms with van der Waals surface area (Å²) in [5, 5.41) is 10.4. The molecule has 16 nitrogen and oxygen atoms in total. The van der Waals surface area contributed by atoms with Crippen molar-refractivity contribution in [2.24, 2.45) is 7.05 Å². The molecule has 20 heteroatoms. The Kier molecular flexibility index (Phi) is 11.7. The molecule has 7 rings (SSSR count). The number of nitrogens with zero attached hydrogens (tertiary/aromatic N) is 8. The van der Waals surface area contributed by atoms with Crippen LogP contribution in [-0.2, 0) is 43.7 Å². The van der Waals surface area contributed by atoms with E-state index in [4.69, 9.17) is 23.7 Å². The maximum atomic E-state index is 13.7. The summed E-state index contributed by atoms with van der Waals surface area (Å²) in [6.07, 6.45) is -8.94. The van der Waals surface area contributed by atoms with Gasteiger partial charge < -0.3 is 33.9 Å². The lowest BCUT2D eigenvalue weighted by molar-refractivity contribution is -0.181. The molecule has 0 unspecified atom stereocenters. The van der Waals surface area contributed by atoms with E-state index in [1.807, 2.05) is 78.5 Å². The molecule has 0 bridgehead atoms. The predicted octanol–water partition coefficient (Wildman–Crippen LogP) is 5.03. The number of halogens is 4. The smallest absolute Gasteiger partial charge is 0.374 e. The van der Waals surface area contributed by atoms with E-state index in [9.17, 15) is 27.2 Å². The Balaban J connectivity index is 1.29. The van der Waals surface area contributed by atoms with Crippen molar-refractivity contribution in [2.75, 3.05) is 23.7 Å². The van der Waals surface area contributed by atoms with Crippen LogP contribution < -0.4 is 10.6 Å². The van der Waals surface area contributed by atoms with Crippen LogP contribution in [0.5, 0.6) is 0 Å². The van der Waals surface area contributed by atoms with Crippen LogP contribution in [0.4, 0.5) is 29.3 Å². The molecule has 0 spiro atoms. The lowest BCUT2D eigenvalue weighted by atomic mass is 9.91. The number of ether oxygens (including phenoxy) is 3. The van der Waals surface area contributed by atoms with Crippen LogP contribution in [0.3, 0.4) is 0 Å². The van der Waals surface area contributed by atoms with E-state index in [1.54, 1.807) is 13.3 Å². The highest BCUT2D eigenvalue weighted by molar-refractivity contribution is 5.84. The van der Waals surface area contributed by atoms with Gasteiger partial charge in [0.05, 0.1) is 18.3 Å². The first-order chi connectivity index (χ1) is 27.6. The second-order valence-electron chi connectivity index (χ2n) is 12.9. The highest BCUT2D eigenvalue weighted by Crippen LogP contribution is 2.43. The summed E-state index contributed by atoms with van der Waals surface area (Å²) in [5.41, 5.74) is 3.07. The average molecular weight is 793 g/mol. The Hall–Kier alpha value is -6.44. The van der Waals surface area contributed by atoms with Crippen molar-refractivity contribution in [1.29, 1.82) is 0 Å². The minimum absolute atomic E-state index is 0.0475. The van der Waals surface area contributed by atoms with Gasteiger partial charge in [-0.05, 0) is 11.1 Å². The summed E-state index contributed by atoms with van der Waals surface area (Å²) in [6.45, 7) is 2.38. The fraction of sp³-hybridized carbons (Fsp3) is 0.351. The second-order valence-corrected chi connectivity index (χ2v) is 12.9. The van der Waals surface area contributed by atoms with Gasteiger partial charge in [0.25, 0.3) is 5.89 Å². The van der Waals surface area contributed by atoms with Crippen LogP contribution >= 0.6 is 0 Å². The van der Waals surface area contributed by atoms with Gasteiger partial charge in [-0.2, -0.15) is 32.5 Å². The number of aromatic nitrogens is 8. The van der Waals surface area contributed by atoms with Gasteiger partial charge in [0.2, 0.25) is 5.95 Å². The lowest BCUT2D eigenvalue weighted by Gasteiger charge is -2.24. The molecule has 0 aliphatic carbocycles. The summed E-state index contributed by atoms with van der Waals surface area (Å²) >= 11 is 0. The molecule has 4 atom stereocenters. The van der Waals surface area contributed by atoms with E-state index in [0.717, 1.165) is 16.8 Å². The van der Waals surface area contributed by atoms with Gasteiger partial charge >= 0.3 is 24.8 Å². The van der Waals surface area contributed by atoms with Crippen molar-refractivity contribution in [3.8, 4) is 0 Å². The number of imidazole rings is 2. The van der Waals surface area contributed by atoms with Crippen LogP contribution in [0.1, 0.15) is 53.7 Å². The van der Waals surface area contributed by atoms with Crippen molar-refractivity contribution in [3.05, 3.63) is 108 Å². The SMILES string of the molecule is CCc1noc([C@H]2O[C@@H](n3cnc4c(NCC(c5ccccc5)c5ccccc5)nc(NCCc5cn(C)cn5)nc43)[C@H](OC(=O)C(F)F)[C@@H]2OC(=O)C(F)F)n1. The van der Waals surface area contributed by atoms with Crippen molar-refractivity contribution in [1.82, 2.24) is 39.2 Å². The number of hydrogen-bond acceptors (Lipinski definition) is 14. The molecule has 1 aliphatic heterocycles.